The quantitative estimate of drug-likeness (QED) is 0.629. The molecule has 0 radical (unpaired) electrons. The summed E-state index contributed by atoms with van der Waals surface area (Å²) in [5.41, 5.74) is 0.741. The van der Waals surface area contributed by atoms with Gasteiger partial charge in [0.05, 0.1) is 11.8 Å². The van der Waals surface area contributed by atoms with Gasteiger partial charge in [0.1, 0.15) is 6.54 Å². The van der Waals surface area contributed by atoms with Crippen LogP contribution >= 0.6 is 0 Å². The number of hydrogen-bond donors (Lipinski definition) is 0. The van der Waals surface area contributed by atoms with Crippen molar-refractivity contribution in [2.45, 2.75) is 12.8 Å². The predicted molar refractivity (Wildman–Crippen MR) is 81.9 cm³/mol. The summed E-state index contributed by atoms with van der Waals surface area (Å²) >= 11 is 0. The first-order valence-electron chi connectivity index (χ1n) is 7.41. The van der Waals surface area contributed by atoms with Crippen LogP contribution in [-0.4, -0.2) is 36.2 Å². The van der Waals surface area contributed by atoms with E-state index in [0.29, 0.717) is 12.8 Å². The number of hydrogen-bond acceptors (Lipinski definition) is 3. The number of rotatable bonds is 3. The Morgan fingerprint density at radius 1 is 1.09 bits per heavy atom. The second-order valence-electron chi connectivity index (χ2n) is 5.71. The summed E-state index contributed by atoms with van der Waals surface area (Å²) in [6.07, 6.45) is 5.06. The lowest BCUT2D eigenvalue weighted by Gasteiger charge is -2.21. The van der Waals surface area contributed by atoms with E-state index in [1.807, 2.05) is 42.5 Å². The lowest BCUT2D eigenvalue weighted by Crippen LogP contribution is -2.41. The number of likely N-dealkylation sites (tertiary alicyclic amines) is 1. The number of nitrogens with zero attached hydrogens (tertiary/aromatic N) is 2. The Bertz CT molecular complexity index is 613. The molecule has 2 aliphatic rings. The molecule has 114 valence electrons. The number of para-hydroxylation sites is 1. The molecule has 2 atom stereocenters. The summed E-state index contributed by atoms with van der Waals surface area (Å²) in [6, 6.07) is 9.18. The lowest BCUT2D eigenvalue weighted by molar-refractivity contribution is -0.143. The fraction of sp³-hybridized carbons (Fsp3) is 0.353. The Morgan fingerprint density at radius 3 is 2.18 bits per heavy atom. The van der Waals surface area contributed by atoms with Gasteiger partial charge in [0, 0.05) is 12.7 Å². The third kappa shape index (κ3) is 2.43. The minimum atomic E-state index is -0.285. The maximum atomic E-state index is 12.4. The summed E-state index contributed by atoms with van der Waals surface area (Å²) in [6.45, 7) is -0.184. The van der Waals surface area contributed by atoms with E-state index in [9.17, 15) is 14.4 Å². The molecule has 3 rings (SSSR count). The fourth-order valence-electron chi connectivity index (χ4n) is 3.06. The highest BCUT2D eigenvalue weighted by molar-refractivity contribution is 6.09. The Kier molecular flexibility index (Phi) is 3.79. The van der Waals surface area contributed by atoms with Crippen molar-refractivity contribution in [3.8, 4) is 0 Å². The highest BCUT2D eigenvalue weighted by Gasteiger charge is 2.47. The molecule has 0 bridgehead atoms. The second kappa shape index (κ2) is 5.75. The molecule has 1 aliphatic heterocycles. The molecule has 1 aliphatic carbocycles. The SMILES string of the molecule is CN(C(=O)CN1C(=O)[C@@H]2CC=CC[C@H]2C1=O)c1ccccc1. The van der Waals surface area contributed by atoms with Crippen LogP contribution in [0.2, 0.25) is 0 Å². The highest BCUT2D eigenvalue weighted by Crippen LogP contribution is 2.34. The van der Waals surface area contributed by atoms with Gasteiger partial charge in [-0.1, -0.05) is 30.4 Å². The number of likely N-dealkylation sites (N-methyl/N-ethyl adjacent to an activating group) is 1. The summed E-state index contributed by atoms with van der Waals surface area (Å²) in [5, 5.41) is 0. The second-order valence-corrected chi connectivity index (χ2v) is 5.71. The number of carbonyl (C=O) groups is 3. The van der Waals surface area contributed by atoms with Gasteiger partial charge in [-0.15, -0.1) is 0 Å². The number of imide groups is 1. The van der Waals surface area contributed by atoms with Crippen LogP contribution in [0.5, 0.6) is 0 Å². The van der Waals surface area contributed by atoms with Crippen molar-refractivity contribution in [2.75, 3.05) is 18.5 Å². The van der Waals surface area contributed by atoms with Crippen molar-refractivity contribution in [3.63, 3.8) is 0 Å². The first-order chi connectivity index (χ1) is 10.6. The molecular weight excluding hydrogens is 280 g/mol. The van der Waals surface area contributed by atoms with Gasteiger partial charge in [-0.25, -0.2) is 0 Å². The van der Waals surface area contributed by atoms with Gasteiger partial charge in [-0.2, -0.15) is 0 Å². The van der Waals surface area contributed by atoms with Crippen LogP contribution in [0, 0.1) is 11.8 Å². The van der Waals surface area contributed by atoms with E-state index < -0.39 is 0 Å². The van der Waals surface area contributed by atoms with Gasteiger partial charge in [-0.05, 0) is 25.0 Å². The van der Waals surface area contributed by atoms with Crippen LogP contribution in [0.15, 0.2) is 42.5 Å². The van der Waals surface area contributed by atoms with Gasteiger partial charge in [0.25, 0.3) is 0 Å². The van der Waals surface area contributed by atoms with Gasteiger partial charge in [0.15, 0.2) is 0 Å². The number of allylic oxidation sites excluding steroid dienone is 2. The Hall–Kier alpha value is -2.43. The van der Waals surface area contributed by atoms with E-state index in [2.05, 4.69) is 0 Å². The molecule has 1 fully saturated rings. The molecule has 22 heavy (non-hydrogen) atoms. The number of carbonyl (C=O) groups excluding carboxylic acids is 3. The van der Waals surface area contributed by atoms with E-state index in [1.54, 1.807) is 7.05 Å². The average Bonchev–Trinajstić information content (AvgIpc) is 2.80. The predicted octanol–water partition coefficient (Wildman–Crippen LogP) is 1.60. The van der Waals surface area contributed by atoms with Crippen LogP contribution in [0.3, 0.4) is 0 Å². The van der Waals surface area contributed by atoms with Gasteiger partial charge >= 0.3 is 0 Å². The van der Waals surface area contributed by atoms with Crippen molar-refractivity contribution in [1.82, 2.24) is 4.90 Å². The zero-order chi connectivity index (χ0) is 15.7. The topological polar surface area (TPSA) is 57.7 Å². The maximum absolute atomic E-state index is 12.4. The molecule has 1 saturated heterocycles. The van der Waals surface area contributed by atoms with Crippen molar-refractivity contribution < 1.29 is 14.4 Å². The highest BCUT2D eigenvalue weighted by atomic mass is 16.2. The Balaban J connectivity index is 1.72. The molecule has 3 amide bonds. The van der Waals surface area contributed by atoms with Crippen LogP contribution in [0.25, 0.3) is 0 Å². The molecular formula is C17H18N2O3. The minimum absolute atomic E-state index is 0.184. The first-order valence-corrected chi connectivity index (χ1v) is 7.41. The normalized spacial score (nSPS) is 23.6. The van der Waals surface area contributed by atoms with E-state index in [1.165, 1.54) is 4.90 Å². The molecule has 1 aromatic rings. The lowest BCUT2D eigenvalue weighted by atomic mass is 9.85. The van der Waals surface area contributed by atoms with Gasteiger partial charge in [-0.3, -0.25) is 19.3 Å². The zero-order valence-corrected chi connectivity index (χ0v) is 12.4. The van der Waals surface area contributed by atoms with E-state index >= 15 is 0 Å². The first kappa shape index (κ1) is 14.5. The van der Waals surface area contributed by atoms with Crippen molar-refractivity contribution >= 4 is 23.4 Å². The standard InChI is InChI=1S/C17H18N2O3/c1-18(12-7-3-2-4-8-12)15(20)11-19-16(21)13-9-5-6-10-14(13)17(19)22/h2-8,13-14H,9-11H2,1H3/t13-,14-/m1/s1. The van der Waals surface area contributed by atoms with Crippen molar-refractivity contribution in [3.05, 3.63) is 42.5 Å². The van der Waals surface area contributed by atoms with Crippen LogP contribution in [-0.2, 0) is 14.4 Å². The van der Waals surface area contributed by atoms with Crippen LogP contribution in [0.4, 0.5) is 5.69 Å². The molecule has 1 aromatic carbocycles. The largest absolute Gasteiger partial charge is 0.314 e. The maximum Gasteiger partial charge on any atom is 0.246 e. The molecule has 1 heterocycles. The molecule has 0 N–H and O–H groups in total. The van der Waals surface area contributed by atoms with Crippen LogP contribution < -0.4 is 4.90 Å². The fourth-order valence-corrected chi connectivity index (χ4v) is 3.06. The molecule has 5 heteroatoms. The molecule has 0 spiro atoms. The Morgan fingerprint density at radius 2 is 1.64 bits per heavy atom. The summed E-state index contributed by atoms with van der Waals surface area (Å²) in [5.74, 6) is -1.26. The van der Waals surface area contributed by atoms with Gasteiger partial charge in [0.2, 0.25) is 17.7 Å². The summed E-state index contributed by atoms with van der Waals surface area (Å²) in [4.78, 5) is 39.7. The van der Waals surface area contributed by atoms with Crippen LogP contribution in [0.1, 0.15) is 12.8 Å². The summed E-state index contributed by atoms with van der Waals surface area (Å²) in [7, 11) is 1.65. The molecule has 5 nitrogen and oxygen atoms in total. The smallest absolute Gasteiger partial charge is 0.246 e. The molecule has 0 saturated carbocycles. The number of benzene rings is 1. The number of fused-ring (bicyclic) bond motifs is 1. The van der Waals surface area contributed by atoms with Crippen molar-refractivity contribution in [1.29, 1.82) is 0 Å². The zero-order valence-electron chi connectivity index (χ0n) is 12.4. The minimum Gasteiger partial charge on any atom is -0.314 e. The number of amides is 3. The van der Waals surface area contributed by atoms with Crippen molar-refractivity contribution in [2.24, 2.45) is 11.8 Å². The molecule has 0 aromatic heterocycles. The van der Waals surface area contributed by atoms with Gasteiger partial charge < -0.3 is 4.90 Å². The average molecular weight is 298 g/mol. The van der Waals surface area contributed by atoms with E-state index in [0.717, 1.165) is 10.6 Å². The number of anilines is 1. The Labute approximate surface area is 129 Å². The third-order valence-electron chi connectivity index (χ3n) is 4.41. The molecule has 0 unspecified atom stereocenters. The third-order valence-corrected chi connectivity index (χ3v) is 4.41. The summed E-state index contributed by atoms with van der Waals surface area (Å²) < 4.78 is 0. The monoisotopic (exact) mass is 298 g/mol. The van der Waals surface area contributed by atoms with E-state index in [4.69, 9.17) is 0 Å². The van der Waals surface area contributed by atoms with E-state index in [-0.39, 0.29) is 36.1 Å².